The van der Waals surface area contributed by atoms with Crippen LogP contribution in [0.15, 0.2) is 41.3 Å². The first-order chi connectivity index (χ1) is 12.3. The molecule has 1 N–H and O–H groups in total. The van der Waals surface area contributed by atoms with E-state index in [1.165, 1.54) is 0 Å². The molecule has 0 saturated carbocycles. The molecule has 1 aromatic carbocycles. The van der Waals surface area contributed by atoms with Crippen molar-refractivity contribution in [3.05, 3.63) is 47.1 Å². The maximum atomic E-state index is 13.0. The maximum Gasteiger partial charge on any atom is 0.416 e. The number of hydrogen-bond donors (Lipinski definition) is 1. The van der Waals surface area contributed by atoms with Crippen LogP contribution in [-0.2, 0) is 6.18 Å². The van der Waals surface area contributed by atoms with Gasteiger partial charge in [0, 0.05) is 43.8 Å². The van der Waals surface area contributed by atoms with Crippen molar-refractivity contribution in [1.29, 1.82) is 0 Å². The van der Waals surface area contributed by atoms with E-state index in [-0.39, 0.29) is 11.0 Å². The van der Waals surface area contributed by atoms with Gasteiger partial charge in [0.1, 0.15) is 11.0 Å². The van der Waals surface area contributed by atoms with Crippen LogP contribution in [0.1, 0.15) is 5.56 Å². The van der Waals surface area contributed by atoms with Crippen LogP contribution in [0.25, 0.3) is 0 Å². The summed E-state index contributed by atoms with van der Waals surface area (Å²) in [6, 6.07) is 10.0. The van der Waals surface area contributed by atoms with Crippen LogP contribution < -0.4 is 10.2 Å². The van der Waals surface area contributed by atoms with E-state index in [0.717, 1.165) is 22.7 Å². The van der Waals surface area contributed by atoms with Crippen LogP contribution >= 0.6 is 23.5 Å². The highest BCUT2D eigenvalue weighted by atomic mass is 35.5. The Morgan fingerprint density at radius 2 is 1.73 bits per heavy atom. The van der Waals surface area contributed by atoms with Gasteiger partial charge in [-0.15, -0.1) is 0 Å². The number of pyridine rings is 1. The SMILES string of the molecule is CNc1ccc(SN2CCN(c3cc(C(F)(F)F)cc(Cl)n3)CC2)cc1. The molecule has 1 saturated heterocycles. The zero-order chi connectivity index (χ0) is 18.7. The summed E-state index contributed by atoms with van der Waals surface area (Å²) >= 11 is 7.42. The van der Waals surface area contributed by atoms with E-state index in [2.05, 4.69) is 14.6 Å². The Bertz CT molecular complexity index is 747. The van der Waals surface area contributed by atoms with Gasteiger partial charge in [0.25, 0.3) is 0 Å². The van der Waals surface area contributed by atoms with Crippen molar-refractivity contribution < 1.29 is 13.2 Å². The summed E-state index contributed by atoms with van der Waals surface area (Å²) < 4.78 is 41.1. The highest BCUT2D eigenvalue weighted by Gasteiger charge is 2.32. The average molecular weight is 403 g/mol. The second-order valence-electron chi connectivity index (χ2n) is 5.82. The lowest BCUT2D eigenvalue weighted by Crippen LogP contribution is -2.43. The summed E-state index contributed by atoms with van der Waals surface area (Å²) in [5.41, 5.74) is 0.278. The van der Waals surface area contributed by atoms with Crippen LogP contribution in [0.4, 0.5) is 24.7 Å². The molecule has 0 aliphatic carbocycles. The van der Waals surface area contributed by atoms with E-state index in [1.54, 1.807) is 11.9 Å². The first-order valence-electron chi connectivity index (χ1n) is 8.05. The molecule has 0 unspecified atom stereocenters. The molecule has 0 atom stereocenters. The van der Waals surface area contributed by atoms with Crippen molar-refractivity contribution in [2.45, 2.75) is 11.1 Å². The lowest BCUT2D eigenvalue weighted by Gasteiger charge is -2.34. The number of aromatic nitrogens is 1. The average Bonchev–Trinajstić information content (AvgIpc) is 2.62. The number of hydrogen-bond acceptors (Lipinski definition) is 5. The Balaban J connectivity index is 1.62. The molecule has 0 bridgehead atoms. The monoisotopic (exact) mass is 402 g/mol. The smallest absolute Gasteiger partial charge is 0.388 e. The number of rotatable bonds is 4. The van der Waals surface area contributed by atoms with E-state index in [9.17, 15) is 13.2 Å². The van der Waals surface area contributed by atoms with Gasteiger partial charge >= 0.3 is 6.18 Å². The fourth-order valence-corrected chi connectivity index (χ4v) is 3.75. The molecular formula is C17H18ClF3N4S. The summed E-state index contributed by atoms with van der Waals surface area (Å²) in [6.45, 7) is 2.61. The lowest BCUT2D eigenvalue weighted by atomic mass is 10.2. The molecular weight excluding hydrogens is 385 g/mol. The van der Waals surface area contributed by atoms with Crippen molar-refractivity contribution in [3.8, 4) is 0 Å². The van der Waals surface area contributed by atoms with Crippen LogP contribution in [0, 0.1) is 0 Å². The Morgan fingerprint density at radius 3 is 2.31 bits per heavy atom. The molecule has 2 aromatic rings. The summed E-state index contributed by atoms with van der Waals surface area (Å²) in [6.07, 6.45) is -4.43. The van der Waals surface area contributed by atoms with Gasteiger partial charge in [0.2, 0.25) is 0 Å². The van der Waals surface area contributed by atoms with E-state index < -0.39 is 11.7 Å². The standard InChI is InChI=1S/C17H18ClF3N4S/c1-22-13-2-4-14(5-3-13)26-25-8-6-24(7-9-25)16-11-12(17(19,20)21)10-15(18)23-16/h2-5,10-11,22H,6-9H2,1H3. The van der Waals surface area contributed by atoms with Gasteiger partial charge in [-0.25, -0.2) is 9.29 Å². The predicted octanol–water partition coefficient (Wildman–Crippen LogP) is 4.62. The minimum atomic E-state index is -4.43. The molecule has 0 spiro atoms. The lowest BCUT2D eigenvalue weighted by molar-refractivity contribution is -0.137. The van der Waals surface area contributed by atoms with Crippen molar-refractivity contribution in [2.24, 2.45) is 0 Å². The quantitative estimate of drug-likeness (QED) is 0.595. The zero-order valence-electron chi connectivity index (χ0n) is 14.1. The third kappa shape index (κ3) is 4.75. The predicted molar refractivity (Wildman–Crippen MR) is 99.9 cm³/mol. The third-order valence-electron chi connectivity index (χ3n) is 4.05. The molecule has 0 amide bonds. The minimum Gasteiger partial charge on any atom is -0.388 e. The molecule has 1 aromatic heterocycles. The van der Waals surface area contributed by atoms with Crippen LogP contribution in [0.3, 0.4) is 0 Å². The highest BCUT2D eigenvalue weighted by molar-refractivity contribution is 7.97. The molecule has 0 radical (unpaired) electrons. The number of nitrogens with zero attached hydrogens (tertiary/aromatic N) is 3. The normalized spacial score (nSPS) is 16.0. The first-order valence-corrected chi connectivity index (χ1v) is 9.21. The Labute approximate surface area is 159 Å². The van der Waals surface area contributed by atoms with Gasteiger partial charge in [-0.1, -0.05) is 11.6 Å². The number of anilines is 2. The van der Waals surface area contributed by atoms with Crippen LogP contribution in [0.2, 0.25) is 5.15 Å². The van der Waals surface area contributed by atoms with E-state index in [0.29, 0.717) is 26.2 Å². The third-order valence-corrected chi connectivity index (χ3v) is 5.35. The number of benzene rings is 1. The Hall–Kier alpha value is -1.64. The minimum absolute atomic E-state index is 0.142. The topological polar surface area (TPSA) is 31.4 Å². The number of halogens is 4. The molecule has 2 heterocycles. The molecule has 140 valence electrons. The summed E-state index contributed by atoms with van der Waals surface area (Å²) in [5, 5.41) is 2.93. The highest BCUT2D eigenvalue weighted by Crippen LogP contribution is 2.33. The van der Waals surface area contributed by atoms with Gasteiger partial charge in [0.15, 0.2) is 0 Å². The fourth-order valence-electron chi connectivity index (χ4n) is 2.65. The largest absolute Gasteiger partial charge is 0.416 e. The molecule has 26 heavy (non-hydrogen) atoms. The summed E-state index contributed by atoms with van der Waals surface area (Å²) in [4.78, 5) is 7.02. The van der Waals surface area contributed by atoms with Crippen LogP contribution in [-0.4, -0.2) is 42.5 Å². The fraction of sp³-hybridized carbons (Fsp3) is 0.353. The van der Waals surface area contributed by atoms with Gasteiger partial charge in [-0.05, 0) is 48.3 Å². The summed E-state index contributed by atoms with van der Waals surface area (Å²) in [5.74, 6) is 0.271. The zero-order valence-corrected chi connectivity index (χ0v) is 15.6. The van der Waals surface area contributed by atoms with Crippen LogP contribution in [0.5, 0.6) is 0 Å². The van der Waals surface area contributed by atoms with Gasteiger partial charge in [-0.2, -0.15) is 13.2 Å². The molecule has 3 rings (SSSR count). The molecule has 1 fully saturated rings. The first kappa shape index (κ1) is 19.1. The summed E-state index contributed by atoms with van der Waals surface area (Å²) in [7, 11) is 1.87. The molecule has 4 nitrogen and oxygen atoms in total. The second kappa shape index (κ2) is 7.94. The second-order valence-corrected chi connectivity index (χ2v) is 7.37. The van der Waals surface area contributed by atoms with Gasteiger partial charge in [-0.3, -0.25) is 0 Å². The molecule has 1 aliphatic rings. The van der Waals surface area contributed by atoms with Crippen molar-refractivity contribution >= 4 is 35.1 Å². The van der Waals surface area contributed by atoms with Crippen molar-refractivity contribution in [3.63, 3.8) is 0 Å². The van der Waals surface area contributed by atoms with E-state index >= 15 is 0 Å². The maximum absolute atomic E-state index is 13.0. The Morgan fingerprint density at radius 1 is 1.08 bits per heavy atom. The van der Waals surface area contributed by atoms with E-state index in [4.69, 9.17) is 11.6 Å². The molecule has 9 heteroatoms. The Kier molecular flexibility index (Phi) is 5.84. The van der Waals surface area contributed by atoms with Crippen molar-refractivity contribution in [2.75, 3.05) is 43.4 Å². The van der Waals surface area contributed by atoms with Gasteiger partial charge in [0.05, 0.1) is 5.56 Å². The van der Waals surface area contributed by atoms with E-state index in [1.807, 2.05) is 36.2 Å². The molecule has 1 aliphatic heterocycles. The number of alkyl halides is 3. The number of piperazine rings is 1. The van der Waals surface area contributed by atoms with Crippen molar-refractivity contribution in [1.82, 2.24) is 9.29 Å². The van der Waals surface area contributed by atoms with Gasteiger partial charge < -0.3 is 10.2 Å². The number of nitrogens with one attached hydrogen (secondary N) is 1.